The number of ether oxygens (including phenoxy) is 1. The van der Waals surface area contributed by atoms with Crippen molar-refractivity contribution in [3.8, 4) is 6.07 Å². The molecule has 0 bridgehead atoms. The molecule has 5 nitrogen and oxygen atoms in total. The highest BCUT2D eigenvalue weighted by molar-refractivity contribution is 7.96. The third kappa shape index (κ3) is 2.41. The lowest BCUT2D eigenvalue weighted by molar-refractivity contribution is -0.149. The summed E-state index contributed by atoms with van der Waals surface area (Å²) in [6, 6.07) is 2.38. The van der Waals surface area contributed by atoms with Gasteiger partial charge in [-0.25, -0.2) is 0 Å². The van der Waals surface area contributed by atoms with Gasteiger partial charge < -0.3 is 9.64 Å². The Labute approximate surface area is 106 Å². The van der Waals surface area contributed by atoms with Gasteiger partial charge in [0.25, 0.3) is 0 Å². The van der Waals surface area contributed by atoms with E-state index in [1.807, 2.05) is 6.26 Å². The Morgan fingerprint density at radius 3 is 2.65 bits per heavy atom. The van der Waals surface area contributed by atoms with E-state index in [4.69, 9.17) is 4.74 Å². The zero-order valence-electron chi connectivity index (χ0n) is 10.0. The fraction of sp³-hybridized carbons (Fsp3) is 0.818. The molecule has 0 spiro atoms. The number of carbonyl (C=O) groups excluding carboxylic acids is 1. The SMILES string of the molecule is CSN1CCC(C#N)(N2CCOCC2=O)CC1. The molecule has 0 radical (unpaired) electrons. The number of nitrogens with zero attached hydrogens (tertiary/aromatic N) is 3. The second kappa shape index (κ2) is 5.25. The Kier molecular flexibility index (Phi) is 3.92. The summed E-state index contributed by atoms with van der Waals surface area (Å²) < 4.78 is 7.36. The fourth-order valence-corrected chi connectivity index (χ4v) is 3.00. The van der Waals surface area contributed by atoms with Crippen LogP contribution in [0.2, 0.25) is 0 Å². The van der Waals surface area contributed by atoms with Crippen LogP contribution in [0.4, 0.5) is 0 Å². The van der Waals surface area contributed by atoms with Crippen molar-refractivity contribution in [1.29, 1.82) is 5.26 Å². The van der Waals surface area contributed by atoms with Crippen molar-refractivity contribution in [3.63, 3.8) is 0 Å². The fourth-order valence-electron chi connectivity index (χ4n) is 2.45. The van der Waals surface area contributed by atoms with E-state index in [1.54, 1.807) is 16.8 Å². The van der Waals surface area contributed by atoms with Gasteiger partial charge in [0.2, 0.25) is 5.91 Å². The predicted octanol–water partition coefficient (Wildman–Crippen LogP) is 0.481. The molecule has 0 N–H and O–H groups in total. The largest absolute Gasteiger partial charge is 0.370 e. The van der Waals surface area contributed by atoms with E-state index in [0.717, 1.165) is 25.9 Å². The van der Waals surface area contributed by atoms with Gasteiger partial charge in [0.15, 0.2) is 0 Å². The first-order valence-corrected chi connectivity index (χ1v) is 6.98. The highest BCUT2D eigenvalue weighted by atomic mass is 32.2. The molecule has 2 rings (SSSR count). The van der Waals surface area contributed by atoms with Crippen LogP contribution in [0.15, 0.2) is 0 Å². The molecule has 1 amide bonds. The number of hydrogen-bond acceptors (Lipinski definition) is 5. The zero-order valence-corrected chi connectivity index (χ0v) is 10.8. The van der Waals surface area contributed by atoms with E-state index < -0.39 is 5.54 Å². The van der Waals surface area contributed by atoms with E-state index in [2.05, 4.69) is 10.4 Å². The number of hydrogen-bond donors (Lipinski definition) is 0. The molecule has 0 saturated carbocycles. The second-order valence-corrected chi connectivity index (χ2v) is 5.23. The summed E-state index contributed by atoms with van der Waals surface area (Å²) in [5, 5.41) is 9.46. The maximum atomic E-state index is 11.8. The van der Waals surface area contributed by atoms with Gasteiger partial charge in [-0.2, -0.15) is 5.26 Å². The number of carbonyl (C=O) groups is 1. The van der Waals surface area contributed by atoms with Gasteiger partial charge in [0.05, 0.1) is 12.7 Å². The summed E-state index contributed by atoms with van der Waals surface area (Å²) in [4.78, 5) is 13.6. The summed E-state index contributed by atoms with van der Waals surface area (Å²) in [5.74, 6) is -0.0459. The lowest BCUT2D eigenvalue weighted by Gasteiger charge is -2.45. The molecule has 2 heterocycles. The predicted molar refractivity (Wildman–Crippen MR) is 65.2 cm³/mol. The van der Waals surface area contributed by atoms with Gasteiger partial charge in [0.1, 0.15) is 12.1 Å². The van der Waals surface area contributed by atoms with E-state index in [9.17, 15) is 10.1 Å². The number of piperidine rings is 1. The first-order chi connectivity index (χ1) is 8.22. The van der Waals surface area contributed by atoms with Gasteiger partial charge >= 0.3 is 0 Å². The lowest BCUT2D eigenvalue weighted by Crippen LogP contribution is -2.59. The van der Waals surface area contributed by atoms with Crippen LogP contribution in [0.1, 0.15) is 12.8 Å². The van der Waals surface area contributed by atoms with Crippen molar-refractivity contribution in [2.45, 2.75) is 18.4 Å². The van der Waals surface area contributed by atoms with E-state index in [1.165, 1.54) is 0 Å². The Hall–Kier alpha value is -0.770. The van der Waals surface area contributed by atoms with Crippen molar-refractivity contribution in [1.82, 2.24) is 9.21 Å². The van der Waals surface area contributed by atoms with Gasteiger partial charge in [-0.1, -0.05) is 11.9 Å². The summed E-state index contributed by atoms with van der Waals surface area (Å²) >= 11 is 1.70. The molecule has 0 aromatic carbocycles. The molecule has 6 heteroatoms. The molecule has 0 aliphatic carbocycles. The van der Waals surface area contributed by atoms with Crippen LogP contribution < -0.4 is 0 Å². The average molecular weight is 255 g/mol. The van der Waals surface area contributed by atoms with Crippen LogP contribution in [0.3, 0.4) is 0 Å². The molecule has 2 fully saturated rings. The smallest absolute Gasteiger partial charge is 0.249 e. The quantitative estimate of drug-likeness (QED) is 0.672. The van der Waals surface area contributed by atoms with Crippen LogP contribution in [-0.2, 0) is 9.53 Å². The first kappa shape index (κ1) is 12.7. The van der Waals surface area contributed by atoms with Crippen molar-refractivity contribution >= 4 is 17.9 Å². The van der Waals surface area contributed by atoms with Crippen LogP contribution in [-0.4, -0.2) is 59.8 Å². The monoisotopic (exact) mass is 255 g/mol. The van der Waals surface area contributed by atoms with E-state index in [0.29, 0.717) is 13.2 Å². The van der Waals surface area contributed by atoms with Gasteiger partial charge in [0, 0.05) is 19.6 Å². The second-order valence-electron chi connectivity index (χ2n) is 4.35. The van der Waals surface area contributed by atoms with Gasteiger partial charge in [-0.05, 0) is 19.1 Å². The van der Waals surface area contributed by atoms with E-state index >= 15 is 0 Å². The van der Waals surface area contributed by atoms with Gasteiger partial charge in [-0.15, -0.1) is 0 Å². The molecule has 0 atom stereocenters. The topological polar surface area (TPSA) is 56.6 Å². The van der Waals surface area contributed by atoms with E-state index in [-0.39, 0.29) is 12.5 Å². The Balaban J connectivity index is 2.10. The Morgan fingerprint density at radius 2 is 2.12 bits per heavy atom. The average Bonchev–Trinajstić information content (AvgIpc) is 2.39. The number of morpholine rings is 1. The molecule has 0 aromatic heterocycles. The molecule has 0 unspecified atom stereocenters. The molecule has 2 aliphatic rings. The Morgan fingerprint density at radius 1 is 1.41 bits per heavy atom. The Bertz CT molecular complexity index is 334. The molecule has 2 aliphatic heterocycles. The minimum Gasteiger partial charge on any atom is -0.370 e. The highest BCUT2D eigenvalue weighted by Crippen LogP contribution is 2.31. The molecule has 0 aromatic rings. The van der Waals surface area contributed by atoms with Crippen LogP contribution in [0, 0.1) is 11.3 Å². The molecule has 17 heavy (non-hydrogen) atoms. The normalized spacial score (nSPS) is 25.6. The van der Waals surface area contributed by atoms with Gasteiger partial charge in [-0.3, -0.25) is 9.10 Å². The zero-order chi connectivity index (χ0) is 12.3. The summed E-state index contributed by atoms with van der Waals surface area (Å²) in [6.45, 7) is 2.93. The first-order valence-electron chi connectivity index (χ1n) is 5.80. The van der Waals surface area contributed by atoms with Crippen molar-refractivity contribution in [2.75, 3.05) is 39.1 Å². The van der Waals surface area contributed by atoms with Crippen LogP contribution in [0.25, 0.3) is 0 Å². The standard InChI is InChI=1S/C11H17N3O2S/c1-17-13-4-2-11(9-12,3-5-13)14-6-7-16-8-10(14)15/h2-8H2,1H3. The molecular weight excluding hydrogens is 238 g/mol. The van der Waals surface area contributed by atoms with Crippen molar-refractivity contribution in [3.05, 3.63) is 0 Å². The maximum absolute atomic E-state index is 11.8. The number of amides is 1. The van der Waals surface area contributed by atoms with Crippen LogP contribution in [0.5, 0.6) is 0 Å². The summed E-state index contributed by atoms with van der Waals surface area (Å²) in [7, 11) is 0. The molecule has 94 valence electrons. The molecular formula is C11H17N3O2S. The number of nitriles is 1. The maximum Gasteiger partial charge on any atom is 0.249 e. The number of rotatable bonds is 2. The summed E-state index contributed by atoms with van der Waals surface area (Å²) in [6.07, 6.45) is 3.51. The highest BCUT2D eigenvalue weighted by Gasteiger charge is 2.43. The summed E-state index contributed by atoms with van der Waals surface area (Å²) in [5.41, 5.74) is -0.604. The third-order valence-electron chi connectivity index (χ3n) is 3.52. The molecule has 2 saturated heterocycles. The van der Waals surface area contributed by atoms with Crippen molar-refractivity contribution < 1.29 is 9.53 Å². The minimum absolute atomic E-state index is 0.0459. The van der Waals surface area contributed by atoms with Crippen LogP contribution >= 0.6 is 11.9 Å². The third-order valence-corrected chi connectivity index (χ3v) is 4.40. The minimum atomic E-state index is -0.604. The lowest BCUT2D eigenvalue weighted by atomic mass is 9.87. The van der Waals surface area contributed by atoms with Crippen molar-refractivity contribution in [2.24, 2.45) is 0 Å².